The maximum Gasteiger partial charge on any atom is 0.244 e. The van der Waals surface area contributed by atoms with Gasteiger partial charge in [-0.3, -0.25) is 4.79 Å². The van der Waals surface area contributed by atoms with Gasteiger partial charge in [-0.05, 0) is 66.6 Å². The summed E-state index contributed by atoms with van der Waals surface area (Å²) >= 11 is 6.01. The zero-order valence-corrected chi connectivity index (χ0v) is 24.4. The molecule has 0 aliphatic heterocycles. The van der Waals surface area contributed by atoms with Crippen molar-refractivity contribution in [1.82, 2.24) is 9.73 Å². The third-order valence-corrected chi connectivity index (χ3v) is 8.20. The Morgan fingerprint density at radius 3 is 2.29 bits per heavy atom. The van der Waals surface area contributed by atoms with Crippen molar-refractivity contribution in [2.75, 3.05) is 14.2 Å². The Labute approximate surface area is 244 Å². The molecule has 11 heteroatoms. The molecule has 0 radical (unpaired) electrons. The number of hydrogen-bond acceptors (Lipinski definition) is 7. The fourth-order valence-corrected chi connectivity index (χ4v) is 5.51. The number of benzene rings is 3. The van der Waals surface area contributed by atoms with E-state index in [4.69, 9.17) is 25.5 Å². The molecule has 1 heterocycles. The second-order valence-electron chi connectivity index (χ2n) is 9.18. The highest BCUT2D eigenvalue weighted by Gasteiger charge is 2.26. The van der Waals surface area contributed by atoms with Crippen LogP contribution in [0.1, 0.15) is 28.2 Å². The molecule has 0 unspecified atom stereocenters. The van der Waals surface area contributed by atoms with Crippen molar-refractivity contribution in [2.45, 2.75) is 31.3 Å². The molecule has 9 nitrogen and oxygen atoms in total. The number of carbonyl (C=O) groups is 1. The lowest BCUT2D eigenvalue weighted by Gasteiger charge is -2.21. The second-order valence-corrected chi connectivity index (χ2v) is 11.6. The summed E-state index contributed by atoms with van der Waals surface area (Å²) < 4.78 is 44.8. The number of nitrogens with zero attached hydrogens (tertiary/aromatic N) is 2. The van der Waals surface area contributed by atoms with E-state index in [1.165, 1.54) is 17.6 Å². The number of carbonyl (C=O) groups excluding carboxylic acids is 1. The van der Waals surface area contributed by atoms with Gasteiger partial charge in [0, 0.05) is 11.6 Å². The molecular formula is C30H30ClN3O6S. The van der Waals surface area contributed by atoms with Crippen LogP contribution >= 0.6 is 11.6 Å². The van der Waals surface area contributed by atoms with Gasteiger partial charge in [0.25, 0.3) is 0 Å². The van der Waals surface area contributed by atoms with Crippen LogP contribution in [-0.2, 0) is 34.3 Å². The number of hydrogen-bond donors (Lipinski definition) is 1. The van der Waals surface area contributed by atoms with Crippen molar-refractivity contribution in [3.8, 4) is 11.5 Å². The molecule has 0 saturated carbocycles. The van der Waals surface area contributed by atoms with E-state index < -0.39 is 10.0 Å². The van der Waals surface area contributed by atoms with Gasteiger partial charge in [0.05, 0.1) is 38.3 Å². The first kappa shape index (κ1) is 29.9. The number of furan rings is 1. The molecular weight excluding hydrogens is 566 g/mol. The maximum atomic E-state index is 13.6. The highest BCUT2D eigenvalue weighted by atomic mass is 35.5. The Kier molecular flexibility index (Phi) is 9.82. The average Bonchev–Trinajstić information content (AvgIpc) is 3.41. The third-order valence-electron chi connectivity index (χ3n) is 6.14. The quantitative estimate of drug-likeness (QED) is 0.175. The van der Waals surface area contributed by atoms with Crippen molar-refractivity contribution in [1.29, 1.82) is 0 Å². The smallest absolute Gasteiger partial charge is 0.244 e. The van der Waals surface area contributed by atoms with E-state index in [2.05, 4.69) is 10.5 Å². The summed E-state index contributed by atoms with van der Waals surface area (Å²) in [5.41, 5.74) is 4.92. The van der Waals surface area contributed by atoms with Crippen LogP contribution in [0.4, 0.5) is 0 Å². The number of amides is 1. The molecule has 1 aromatic heterocycles. The zero-order chi connectivity index (χ0) is 29.4. The van der Waals surface area contributed by atoms with E-state index in [-0.39, 0.29) is 30.3 Å². The molecule has 0 saturated heterocycles. The van der Waals surface area contributed by atoms with Gasteiger partial charge in [0.15, 0.2) is 11.5 Å². The van der Waals surface area contributed by atoms with E-state index in [9.17, 15) is 13.2 Å². The molecule has 0 aliphatic rings. The fraction of sp³-hybridized carbons (Fsp3) is 0.200. The van der Waals surface area contributed by atoms with E-state index in [1.807, 2.05) is 6.92 Å². The lowest BCUT2D eigenvalue weighted by molar-refractivity contribution is -0.120. The van der Waals surface area contributed by atoms with Crippen LogP contribution in [0.2, 0.25) is 5.02 Å². The van der Waals surface area contributed by atoms with Crippen LogP contribution in [0.25, 0.3) is 0 Å². The van der Waals surface area contributed by atoms with Gasteiger partial charge in [-0.25, -0.2) is 13.8 Å². The van der Waals surface area contributed by atoms with Gasteiger partial charge >= 0.3 is 0 Å². The van der Waals surface area contributed by atoms with Gasteiger partial charge in [0.1, 0.15) is 11.5 Å². The molecule has 0 spiro atoms. The summed E-state index contributed by atoms with van der Waals surface area (Å²) in [6.07, 6.45) is 1.44. The van der Waals surface area contributed by atoms with Crippen molar-refractivity contribution < 1.29 is 27.1 Å². The molecule has 3 aromatic carbocycles. The van der Waals surface area contributed by atoms with E-state index in [0.717, 1.165) is 16.7 Å². The first-order valence-corrected chi connectivity index (χ1v) is 14.4. The van der Waals surface area contributed by atoms with Crippen LogP contribution in [0.5, 0.6) is 11.5 Å². The molecule has 0 atom stereocenters. The first-order chi connectivity index (χ1) is 19.7. The minimum atomic E-state index is -3.85. The van der Waals surface area contributed by atoms with Crippen LogP contribution in [0.3, 0.4) is 0 Å². The topological polar surface area (TPSA) is 110 Å². The fourth-order valence-electron chi connectivity index (χ4n) is 3.98. The van der Waals surface area contributed by atoms with Crippen LogP contribution in [0, 0.1) is 6.92 Å². The minimum absolute atomic E-state index is 0.0155. The Hall–Kier alpha value is -4.12. The Bertz CT molecular complexity index is 1620. The summed E-state index contributed by atoms with van der Waals surface area (Å²) in [6.45, 7) is 1.99. The highest BCUT2D eigenvalue weighted by molar-refractivity contribution is 7.89. The summed E-state index contributed by atoms with van der Waals surface area (Å²) in [7, 11) is -0.783. The van der Waals surface area contributed by atoms with E-state index in [1.54, 1.807) is 86.0 Å². The zero-order valence-electron chi connectivity index (χ0n) is 22.8. The molecule has 4 rings (SSSR count). The standard InChI is InChI=1S/C30H30ClN3O6S/c1-21-4-13-27(14-5-21)41(36,37)34(19-22-6-9-24(31)10-7-22)20-26-12-11-25(40-26)18-32-33-30(35)17-23-8-15-28(38-2)29(16-23)39-3/h4-16,18H,17,19-20H2,1-3H3,(H,33,35)/b32-18-. The van der Waals surface area contributed by atoms with Gasteiger partial charge < -0.3 is 13.9 Å². The van der Waals surface area contributed by atoms with E-state index >= 15 is 0 Å². The minimum Gasteiger partial charge on any atom is -0.493 e. The number of halogens is 1. The van der Waals surface area contributed by atoms with Crippen molar-refractivity contribution >= 4 is 33.7 Å². The predicted molar refractivity (Wildman–Crippen MR) is 157 cm³/mol. The SMILES string of the molecule is COc1ccc(CC(=O)N/N=C\c2ccc(CN(Cc3ccc(Cl)cc3)S(=O)(=O)c3ccc(C)cc3)o2)cc1OC. The summed E-state index contributed by atoms with van der Waals surface area (Å²) in [4.78, 5) is 12.5. The second kappa shape index (κ2) is 13.5. The summed E-state index contributed by atoms with van der Waals surface area (Å²) in [5.74, 6) is 1.53. The molecule has 41 heavy (non-hydrogen) atoms. The number of hydrazone groups is 1. The van der Waals surface area contributed by atoms with Crippen LogP contribution in [0.15, 0.2) is 93.3 Å². The highest BCUT2D eigenvalue weighted by Crippen LogP contribution is 2.28. The lowest BCUT2D eigenvalue weighted by Crippen LogP contribution is -2.30. The number of rotatable bonds is 12. The van der Waals surface area contributed by atoms with E-state index in [0.29, 0.717) is 28.0 Å². The Morgan fingerprint density at radius 1 is 0.927 bits per heavy atom. The number of sulfonamides is 1. The average molecular weight is 596 g/mol. The van der Waals surface area contributed by atoms with Crippen LogP contribution in [-0.4, -0.2) is 39.1 Å². The molecule has 1 N–H and O–H groups in total. The van der Waals surface area contributed by atoms with Crippen molar-refractivity contribution in [3.05, 3.63) is 112 Å². The van der Waals surface area contributed by atoms with Crippen molar-refractivity contribution in [3.63, 3.8) is 0 Å². The normalized spacial score (nSPS) is 11.6. The predicted octanol–water partition coefficient (Wildman–Crippen LogP) is 5.34. The van der Waals surface area contributed by atoms with Crippen molar-refractivity contribution in [2.24, 2.45) is 5.10 Å². The summed E-state index contributed by atoms with van der Waals surface area (Å²) in [6, 6.07) is 22.2. The third kappa shape index (κ3) is 7.97. The molecule has 4 aromatic rings. The van der Waals surface area contributed by atoms with Crippen LogP contribution < -0.4 is 14.9 Å². The number of nitrogens with one attached hydrogen (secondary N) is 1. The lowest BCUT2D eigenvalue weighted by atomic mass is 10.1. The number of aryl methyl sites for hydroxylation is 1. The number of ether oxygens (including phenoxy) is 2. The first-order valence-electron chi connectivity index (χ1n) is 12.6. The molecule has 0 bridgehead atoms. The van der Waals surface area contributed by atoms with Gasteiger partial charge in [-0.2, -0.15) is 9.41 Å². The maximum absolute atomic E-state index is 13.6. The molecule has 0 aliphatic carbocycles. The largest absolute Gasteiger partial charge is 0.493 e. The molecule has 0 fully saturated rings. The van der Waals surface area contributed by atoms with Gasteiger partial charge in [-0.1, -0.05) is 47.5 Å². The molecule has 1 amide bonds. The van der Waals surface area contributed by atoms with Gasteiger partial charge in [-0.15, -0.1) is 0 Å². The van der Waals surface area contributed by atoms with Gasteiger partial charge in [0.2, 0.25) is 15.9 Å². The Balaban J connectivity index is 1.44. The summed E-state index contributed by atoms with van der Waals surface area (Å²) in [5, 5.41) is 4.53. The Morgan fingerprint density at radius 2 is 1.61 bits per heavy atom. The monoisotopic (exact) mass is 595 g/mol. The molecule has 214 valence electrons. The number of methoxy groups -OCH3 is 2.